The number of rotatable bonds is 16. The number of ether oxygens (including phenoxy) is 3. The van der Waals surface area contributed by atoms with E-state index in [-0.39, 0.29) is 47.1 Å². The Bertz CT molecular complexity index is 2450. The van der Waals surface area contributed by atoms with Crippen molar-refractivity contribution >= 4 is 57.7 Å². The van der Waals surface area contributed by atoms with Gasteiger partial charge in [-0.25, -0.2) is 19.0 Å². The van der Waals surface area contributed by atoms with Crippen molar-refractivity contribution in [1.82, 2.24) is 39.8 Å². The van der Waals surface area contributed by atoms with Gasteiger partial charge < -0.3 is 44.9 Å². The molecule has 0 spiro atoms. The second kappa shape index (κ2) is 19.3. The molecule has 0 aliphatic carbocycles. The first kappa shape index (κ1) is 44.8. The molecule has 1 aliphatic rings. The van der Waals surface area contributed by atoms with Gasteiger partial charge in [0.05, 0.1) is 64.4 Å². The van der Waals surface area contributed by atoms with Crippen molar-refractivity contribution in [2.75, 3.05) is 77.6 Å². The molecule has 1 aliphatic heterocycles. The van der Waals surface area contributed by atoms with E-state index in [0.29, 0.717) is 55.5 Å². The Morgan fingerprint density at radius 1 is 0.787 bits per heavy atom. The minimum Gasteiger partial charge on any atom is -0.497 e. The van der Waals surface area contributed by atoms with Gasteiger partial charge in [-0.15, -0.1) is 0 Å². The van der Waals surface area contributed by atoms with E-state index in [1.54, 1.807) is 33.3 Å². The highest BCUT2D eigenvalue weighted by Gasteiger charge is 2.34. The Labute approximate surface area is 363 Å². The van der Waals surface area contributed by atoms with Crippen molar-refractivity contribution < 1.29 is 34.0 Å². The second-order valence-electron chi connectivity index (χ2n) is 15.7. The zero-order valence-corrected chi connectivity index (χ0v) is 36.4. The summed E-state index contributed by atoms with van der Waals surface area (Å²) in [7, 11) is 7.11. The van der Waals surface area contributed by atoms with Crippen molar-refractivity contribution in [2.24, 2.45) is 10.8 Å². The summed E-state index contributed by atoms with van der Waals surface area (Å²) >= 11 is 12.5. The summed E-state index contributed by atoms with van der Waals surface area (Å²) in [6.07, 6.45) is 2.95. The van der Waals surface area contributed by atoms with Crippen molar-refractivity contribution in [3.63, 3.8) is 0 Å². The van der Waals surface area contributed by atoms with E-state index >= 15 is 0 Å². The molecule has 17 nitrogen and oxygen atoms in total. The molecule has 0 saturated carbocycles. The lowest BCUT2D eigenvalue weighted by atomic mass is 9.89. The monoisotopic (exact) mass is 876 g/mol. The van der Waals surface area contributed by atoms with Gasteiger partial charge in [0.2, 0.25) is 0 Å². The summed E-state index contributed by atoms with van der Waals surface area (Å²) in [5.74, 6) is 0.915. The first-order valence-electron chi connectivity index (χ1n) is 19.3. The minimum atomic E-state index is -0.828. The molecule has 1 saturated heterocycles. The standard InChI is InChI=1S/C21H26ClN5O4.C21H24ClN5O3/c1-21(12-28,13-29)11-24-20(30)17-9-23-19-16(8-18(22)25-27(17)19)26(2)10-14-4-6-15(31-3)7-5-14;1-21(12-30-13-21)11-24-20(28)17-9-23-19-16(8-18(22)25-27(17)19)26(2)10-14-4-6-15(29-3)7-5-14/h4-9,28-29H,10-13H2,1-3H3,(H,24,30);4-9H,10-13H2,1-3H3,(H,24,28). The second-order valence-corrected chi connectivity index (χ2v) is 16.4. The van der Waals surface area contributed by atoms with Gasteiger partial charge in [-0.05, 0) is 35.4 Å². The maximum absolute atomic E-state index is 12.7. The Hall–Kier alpha value is -5.72. The Balaban J connectivity index is 0.000000204. The number of aliphatic hydroxyl groups is 2. The fourth-order valence-electron chi connectivity index (χ4n) is 6.38. The molecule has 2 amide bonds. The highest BCUT2D eigenvalue weighted by molar-refractivity contribution is 6.30. The molecule has 324 valence electrons. The SMILES string of the molecule is COc1ccc(CN(C)c2cc(Cl)nn3c(C(=O)NCC(C)(CO)CO)cnc23)cc1.COc1ccc(CN(C)c2cc(Cl)nn3c(C(=O)NCC4(C)COC4)cnc23)cc1. The molecule has 0 unspecified atom stereocenters. The van der Waals surface area contributed by atoms with Gasteiger partial charge in [0.25, 0.3) is 11.8 Å². The number of aliphatic hydroxyl groups excluding tert-OH is 2. The maximum atomic E-state index is 12.7. The third-order valence-corrected chi connectivity index (χ3v) is 10.7. The average molecular weight is 878 g/mol. The molecule has 1 fully saturated rings. The largest absolute Gasteiger partial charge is 0.497 e. The number of methoxy groups -OCH3 is 2. The molecule has 6 aromatic rings. The van der Waals surface area contributed by atoms with Crippen molar-refractivity contribution in [3.05, 3.63) is 106 Å². The number of nitrogens with one attached hydrogen (secondary N) is 2. The van der Waals surface area contributed by atoms with E-state index in [0.717, 1.165) is 28.3 Å². The highest BCUT2D eigenvalue weighted by Crippen LogP contribution is 2.28. The van der Waals surface area contributed by atoms with Crippen LogP contribution in [0.15, 0.2) is 73.1 Å². The predicted molar refractivity (Wildman–Crippen MR) is 232 cm³/mol. The zero-order valence-electron chi connectivity index (χ0n) is 34.9. The van der Waals surface area contributed by atoms with Crippen LogP contribution >= 0.6 is 23.2 Å². The van der Waals surface area contributed by atoms with E-state index < -0.39 is 11.3 Å². The van der Waals surface area contributed by atoms with Crippen LogP contribution in [0.5, 0.6) is 11.5 Å². The van der Waals surface area contributed by atoms with Crippen LogP contribution in [0, 0.1) is 10.8 Å². The number of imidazole rings is 2. The normalized spacial score (nSPS) is 13.2. The lowest BCUT2D eigenvalue weighted by Gasteiger charge is -2.37. The Morgan fingerprint density at radius 2 is 1.21 bits per heavy atom. The van der Waals surface area contributed by atoms with Gasteiger partial charge in [0.15, 0.2) is 33.0 Å². The fraction of sp³-hybridized carbons (Fsp3) is 0.381. The minimum absolute atomic E-state index is 0.0228. The number of fused-ring (bicyclic) bond motifs is 2. The van der Waals surface area contributed by atoms with E-state index in [1.165, 1.54) is 21.4 Å². The van der Waals surface area contributed by atoms with Crippen molar-refractivity contribution in [3.8, 4) is 11.5 Å². The van der Waals surface area contributed by atoms with E-state index in [4.69, 9.17) is 37.4 Å². The number of benzene rings is 2. The van der Waals surface area contributed by atoms with Gasteiger partial charge in [0.1, 0.15) is 11.5 Å². The molecule has 2 aromatic carbocycles. The Morgan fingerprint density at radius 3 is 1.59 bits per heavy atom. The molecule has 0 atom stereocenters. The first-order valence-corrected chi connectivity index (χ1v) is 20.1. The van der Waals surface area contributed by atoms with Crippen molar-refractivity contribution in [2.45, 2.75) is 26.9 Å². The van der Waals surface area contributed by atoms with E-state index in [2.05, 4.69) is 37.7 Å². The number of carbonyl (C=O) groups excluding carboxylic acids is 2. The number of hydrogen-bond acceptors (Lipinski definition) is 13. The van der Waals surface area contributed by atoms with Crippen LogP contribution in [0.1, 0.15) is 46.0 Å². The quantitative estimate of drug-likeness (QED) is 0.106. The molecular weight excluding hydrogens is 827 g/mol. The van der Waals surface area contributed by atoms with E-state index in [1.807, 2.05) is 72.4 Å². The van der Waals surface area contributed by atoms with E-state index in [9.17, 15) is 19.8 Å². The Kier molecular flexibility index (Phi) is 14.2. The molecule has 0 radical (unpaired) electrons. The number of aromatic nitrogens is 6. The number of amides is 2. The summed E-state index contributed by atoms with van der Waals surface area (Å²) in [6.45, 7) is 6.35. The number of carbonyl (C=O) groups is 2. The first-order chi connectivity index (χ1) is 29.2. The maximum Gasteiger partial charge on any atom is 0.271 e. The number of hydrogen-bond donors (Lipinski definition) is 4. The van der Waals surface area contributed by atoms with Crippen LogP contribution in [0.3, 0.4) is 0 Å². The summed E-state index contributed by atoms with van der Waals surface area (Å²) in [6, 6.07) is 19.0. The molecule has 4 N–H and O–H groups in total. The fourth-order valence-corrected chi connectivity index (χ4v) is 6.74. The summed E-state index contributed by atoms with van der Waals surface area (Å²) in [4.78, 5) is 38.2. The number of nitrogens with zero attached hydrogens (tertiary/aromatic N) is 8. The third-order valence-electron chi connectivity index (χ3n) is 10.3. The van der Waals surface area contributed by atoms with Crippen LogP contribution in [0.25, 0.3) is 11.3 Å². The van der Waals surface area contributed by atoms with Gasteiger partial charge in [-0.1, -0.05) is 61.3 Å². The highest BCUT2D eigenvalue weighted by atomic mass is 35.5. The van der Waals surface area contributed by atoms with Crippen molar-refractivity contribution in [1.29, 1.82) is 0 Å². The summed E-state index contributed by atoms with van der Waals surface area (Å²) in [5.41, 5.74) is 4.41. The summed E-state index contributed by atoms with van der Waals surface area (Å²) < 4.78 is 18.5. The van der Waals surface area contributed by atoms with Gasteiger partial charge in [-0.2, -0.15) is 10.2 Å². The smallest absolute Gasteiger partial charge is 0.271 e. The molecule has 61 heavy (non-hydrogen) atoms. The molecular formula is C42H50Cl2N10O7. The third kappa shape index (κ3) is 10.6. The van der Waals surface area contributed by atoms with Crippen LogP contribution < -0.4 is 29.9 Å². The molecule has 4 aromatic heterocycles. The molecule has 5 heterocycles. The van der Waals surface area contributed by atoms with Gasteiger partial charge in [-0.3, -0.25) is 9.59 Å². The summed E-state index contributed by atoms with van der Waals surface area (Å²) in [5, 5.41) is 33.5. The molecule has 19 heteroatoms. The number of halogens is 2. The van der Waals surface area contributed by atoms with Gasteiger partial charge >= 0.3 is 0 Å². The van der Waals surface area contributed by atoms with Crippen LogP contribution in [0.4, 0.5) is 11.4 Å². The molecule has 7 rings (SSSR count). The predicted octanol–water partition coefficient (Wildman–Crippen LogP) is 4.54. The van der Waals surface area contributed by atoms with Crippen LogP contribution in [-0.2, 0) is 17.8 Å². The zero-order chi connectivity index (χ0) is 43.9. The average Bonchev–Trinajstić information content (AvgIpc) is 3.88. The molecule has 0 bridgehead atoms. The number of anilines is 2. The van der Waals surface area contributed by atoms with Gasteiger partial charge in [0, 0.05) is 63.2 Å². The lowest BCUT2D eigenvalue weighted by molar-refractivity contribution is -0.0978. The van der Waals surface area contributed by atoms with Crippen LogP contribution in [0.2, 0.25) is 10.3 Å². The van der Waals surface area contributed by atoms with Crippen LogP contribution in [-0.4, -0.2) is 119 Å². The lowest BCUT2D eigenvalue weighted by Crippen LogP contribution is -2.48. The topological polar surface area (TPSA) is 193 Å².